The molecule has 0 radical (unpaired) electrons. The number of carbonyl (C=O) groups is 3. The molecular formula is C22H16ClNO5S. The van der Waals surface area contributed by atoms with Crippen LogP contribution in [-0.4, -0.2) is 17.8 Å². The molecule has 1 aromatic heterocycles. The van der Waals surface area contributed by atoms with Crippen LogP contribution in [0.3, 0.4) is 0 Å². The van der Waals surface area contributed by atoms with Crippen molar-refractivity contribution in [3.05, 3.63) is 75.6 Å². The summed E-state index contributed by atoms with van der Waals surface area (Å²) >= 11 is 7.54. The predicted octanol–water partition coefficient (Wildman–Crippen LogP) is 4.54. The van der Waals surface area contributed by atoms with E-state index in [2.05, 4.69) is 5.32 Å². The monoisotopic (exact) mass is 441 g/mol. The number of benzene rings is 2. The maximum Gasteiger partial charge on any atom is 0.308 e. The maximum atomic E-state index is 13.3. The molecule has 0 fully saturated rings. The Morgan fingerprint density at radius 3 is 1.80 bits per heavy atom. The average molecular weight is 442 g/mol. The number of rotatable bonds is 4. The molecule has 1 amide bonds. The summed E-state index contributed by atoms with van der Waals surface area (Å²) in [4.78, 5) is 35.8. The fourth-order valence-corrected chi connectivity index (χ4v) is 4.85. The zero-order valence-electron chi connectivity index (χ0n) is 16.0. The maximum absolute atomic E-state index is 13.3. The molecule has 1 aliphatic heterocycles. The first-order chi connectivity index (χ1) is 14.3. The average Bonchev–Trinajstić information content (AvgIpc) is 3.16. The van der Waals surface area contributed by atoms with Gasteiger partial charge in [-0.05, 0) is 41.5 Å². The van der Waals surface area contributed by atoms with Crippen molar-refractivity contribution in [2.24, 2.45) is 0 Å². The highest BCUT2D eigenvalue weighted by molar-refractivity contribution is 7.20. The Hall–Kier alpha value is -3.16. The number of hydrogen-bond acceptors (Lipinski definition) is 6. The molecule has 6 nitrogen and oxygen atoms in total. The lowest BCUT2D eigenvalue weighted by Crippen LogP contribution is -2.37. The third kappa shape index (κ3) is 3.36. The standard InChI is InChI=1S/C22H16ClNO5S/c1-12(25)28-16-7-3-14(4-8-16)22(15-5-9-17(10-6-15)29-13(2)26)18-11-19(23)30-20(18)24-21(22)27/h3-11H,1-2H3,(H,24,27). The van der Waals surface area contributed by atoms with Gasteiger partial charge in [-0.1, -0.05) is 35.9 Å². The van der Waals surface area contributed by atoms with Crippen molar-refractivity contribution in [1.29, 1.82) is 0 Å². The number of halogens is 1. The summed E-state index contributed by atoms with van der Waals surface area (Å²) < 4.78 is 10.8. The lowest BCUT2D eigenvalue weighted by atomic mass is 9.71. The van der Waals surface area contributed by atoms with E-state index in [4.69, 9.17) is 21.1 Å². The zero-order valence-corrected chi connectivity index (χ0v) is 17.6. The van der Waals surface area contributed by atoms with Crippen molar-refractivity contribution < 1.29 is 23.9 Å². The highest BCUT2D eigenvalue weighted by atomic mass is 35.5. The van der Waals surface area contributed by atoms with Crippen LogP contribution in [0.5, 0.6) is 11.5 Å². The molecule has 152 valence electrons. The molecule has 8 heteroatoms. The Balaban J connectivity index is 1.87. The van der Waals surface area contributed by atoms with Gasteiger partial charge in [0.1, 0.15) is 21.9 Å². The number of thiophene rings is 1. The minimum absolute atomic E-state index is 0.221. The van der Waals surface area contributed by atoms with E-state index in [0.29, 0.717) is 32.0 Å². The molecule has 2 heterocycles. The van der Waals surface area contributed by atoms with Gasteiger partial charge in [-0.2, -0.15) is 0 Å². The molecule has 1 N–H and O–H groups in total. The van der Waals surface area contributed by atoms with Gasteiger partial charge in [0.05, 0.1) is 4.34 Å². The van der Waals surface area contributed by atoms with Crippen molar-refractivity contribution in [2.75, 3.05) is 5.32 Å². The Labute approximate surface area is 181 Å². The van der Waals surface area contributed by atoms with Gasteiger partial charge >= 0.3 is 11.9 Å². The number of fused-ring (bicyclic) bond motifs is 1. The van der Waals surface area contributed by atoms with Crippen LogP contribution in [0.25, 0.3) is 0 Å². The molecule has 30 heavy (non-hydrogen) atoms. The van der Waals surface area contributed by atoms with E-state index in [1.54, 1.807) is 54.6 Å². The number of nitrogens with one attached hydrogen (secondary N) is 1. The molecule has 1 aliphatic rings. The summed E-state index contributed by atoms with van der Waals surface area (Å²) in [5, 5.41) is 3.60. The predicted molar refractivity (Wildman–Crippen MR) is 113 cm³/mol. The fourth-order valence-electron chi connectivity index (χ4n) is 3.67. The summed E-state index contributed by atoms with van der Waals surface area (Å²) in [5.74, 6) is -0.309. The molecule has 0 atom stereocenters. The third-order valence-electron chi connectivity index (χ3n) is 4.77. The molecule has 0 aliphatic carbocycles. The van der Waals surface area contributed by atoms with E-state index >= 15 is 0 Å². The topological polar surface area (TPSA) is 81.7 Å². The molecule has 0 spiro atoms. The smallest absolute Gasteiger partial charge is 0.308 e. The summed E-state index contributed by atoms with van der Waals surface area (Å²) in [6, 6.07) is 15.3. The molecule has 0 unspecified atom stereocenters. The first-order valence-electron chi connectivity index (χ1n) is 9.00. The number of hydrogen-bond donors (Lipinski definition) is 1. The van der Waals surface area contributed by atoms with E-state index in [1.807, 2.05) is 0 Å². The second kappa shape index (κ2) is 7.59. The van der Waals surface area contributed by atoms with Crippen LogP contribution in [0.1, 0.15) is 30.5 Å². The van der Waals surface area contributed by atoms with Crippen LogP contribution in [0, 0.1) is 0 Å². The van der Waals surface area contributed by atoms with Gasteiger partial charge in [0, 0.05) is 19.4 Å². The molecule has 0 bridgehead atoms. The summed E-state index contributed by atoms with van der Waals surface area (Å²) in [7, 11) is 0. The van der Waals surface area contributed by atoms with Crippen LogP contribution in [0.4, 0.5) is 5.00 Å². The molecule has 0 saturated heterocycles. The van der Waals surface area contributed by atoms with E-state index in [0.717, 1.165) is 5.56 Å². The summed E-state index contributed by atoms with van der Waals surface area (Å²) in [6.45, 7) is 2.65. The summed E-state index contributed by atoms with van der Waals surface area (Å²) in [6.07, 6.45) is 0. The molecule has 2 aromatic carbocycles. The minimum atomic E-state index is -1.15. The largest absolute Gasteiger partial charge is 0.427 e. The van der Waals surface area contributed by atoms with Gasteiger partial charge < -0.3 is 14.8 Å². The Morgan fingerprint density at radius 1 is 0.900 bits per heavy atom. The highest BCUT2D eigenvalue weighted by Gasteiger charge is 2.51. The first-order valence-corrected chi connectivity index (χ1v) is 10.2. The number of anilines is 1. The first kappa shape index (κ1) is 20.1. The minimum Gasteiger partial charge on any atom is -0.427 e. The lowest BCUT2D eigenvalue weighted by Gasteiger charge is -2.28. The van der Waals surface area contributed by atoms with Gasteiger partial charge in [0.15, 0.2) is 0 Å². The zero-order chi connectivity index (χ0) is 21.5. The van der Waals surface area contributed by atoms with Crippen molar-refractivity contribution >= 4 is 45.8 Å². The van der Waals surface area contributed by atoms with E-state index in [-0.39, 0.29) is 5.91 Å². The van der Waals surface area contributed by atoms with Crippen LogP contribution in [-0.2, 0) is 19.8 Å². The second-order valence-corrected chi connectivity index (χ2v) is 8.42. The number of esters is 2. The number of amides is 1. The number of ether oxygens (including phenoxy) is 2. The normalized spacial score (nSPS) is 14.0. The Bertz CT molecular complexity index is 1090. The van der Waals surface area contributed by atoms with Crippen LogP contribution >= 0.6 is 22.9 Å². The van der Waals surface area contributed by atoms with Crippen LogP contribution in [0.15, 0.2) is 54.6 Å². The highest BCUT2D eigenvalue weighted by Crippen LogP contribution is 2.52. The van der Waals surface area contributed by atoms with Gasteiger partial charge in [0.2, 0.25) is 5.91 Å². The fraction of sp³-hybridized carbons (Fsp3) is 0.136. The molecule has 0 saturated carbocycles. The van der Waals surface area contributed by atoms with Crippen LogP contribution in [0.2, 0.25) is 4.34 Å². The van der Waals surface area contributed by atoms with E-state index < -0.39 is 17.4 Å². The van der Waals surface area contributed by atoms with Crippen molar-refractivity contribution in [2.45, 2.75) is 19.3 Å². The van der Waals surface area contributed by atoms with Gasteiger partial charge in [-0.3, -0.25) is 14.4 Å². The van der Waals surface area contributed by atoms with Gasteiger partial charge in [0.25, 0.3) is 0 Å². The Kier molecular flexibility index (Phi) is 5.09. The third-order valence-corrected chi connectivity index (χ3v) is 5.95. The van der Waals surface area contributed by atoms with Crippen molar-refractivity contribution in [3.8, 4) is 11.5 Å². The van der Waals surface area contributed by atoms with E-state index in [1.165, 1.54) is 25.2 Å². The van der Waals surface area contributed by atoms with Gasteiger partial charge in [-0.15, -0.1) is 11.3 Å². The second-order valence-electron chi connectivity index (χ2n) is 6.73. The quantitative estimate of drug-likeness (QED) is 0.475. The van der Waals surface area contributed by atoms with Gasteiger partial charge in [-0.25, -0.2) is 0 Å². The Morgan fingerprint density at radius 2 is 1.37 bits per heavy atom. The van der Waals surface area contributed by atoms with Crippen LogP contribution < -0.4 is 14.8 Å². The van der Waals surface area contributed by atoms with Crippen molar-refractivity contribution in [3.63, 3.8) is 0 Å². The van der Waals surface area contributed by atoms with Crippen molar-refractivity contribution in [1.82, 2.24) is 0 Å². The lowest BCUT2D eigenvalue weighted by molar-refractivity contribution is -0.132. The molecular weight excluding hydrogens is 426 g/mol. The number of carbonyl (C=O) groups excluding carboxylic acids is 3. The summed E-state index contributed by atoms with van der Waals surface area (Å²) in [5.41, 5.74) is 0.958. The SMILES string of the molecule is CC(=O)Oc1ccc(C2(c3ccc(OC(C)=O)cc3)C(=O)Nc3sc(Cl)cc32)cc1. The molecule has 3 aromatic rings. The molecule has 4 rings (SSSR count). The van der Waals surface area contributed by atoms with E-state index in [9.17, 15) is 14.4 Å².